The molecule has 1 aromatic heterocycles. The molecule has 0 unspecified atom stereocenters. The van der Waals surface area contributed by atoms with Crippen molar-refractivity contribution in [1.82, 2.24) is 10.3 Å². The molecule has 0 spiro atoms. The van der Waals surface area contributed by atoms with Gasteiger partial charge in [0.2, 0.25) is 5.88 Å². The SMILES string of the molecule is CN(C)c1cc(Cl)ccc1C(=O)Nc1ccc(OCCc2cccc(OC(=O)NC(C)(C)C)n2)cc1. The van der Waals surface area contributed by atoms with Crippen molar-refractivity contribution in [2.24, 2.45) is 0 Å². The molecular formula is C27H31ClN4O4. The van der Waals surface area contributed by atoms with Crippen molar-refractivity contribution < 1.29 is 19.1 Å². The first-order valence-electron chi connectivity index (χ1n) is 11.5. The number of rotatable bonds is 8. The molecule has 0 saturated heterocycles. The summed E-state index contributed by atoms with van der Waals surface area (Å²) in [6.07, 6.45) is -0.0231. The zero-order valence-electron chi connectivity index (χ0n) is 21.1. The Kier molecular flexibility index (Phi) is 8.77. The van der Waals surface area contributed by atoms with Gasteiger partial charge >= 0.3 is 6.09 Å². The molecule has 3 rings (SSSR count). The van der Waals surface area contributed by atoms with Gasteiger partial charge < -0.3 is 25.0 Å². The van der Waals surface area contributed by atoms with Gasteiger partial charge in [0.05, 0.1) is 17.9 Å². The molecule has 2 amide bonds. The van der Waals surface area contributed by atoms with Crippen molar-refractivity contribution in [3.8, 4) is 11.6 Å². The molecule has 0 saturated carbocycles. The maximum absolute atomic E-state index is 12.8. The van der Waals surface area contributed by atoms with Crippen molar-refractivity contribution in [2.45, 2.75) is 32.7 Å². The van der Waals surface area contributed by atoms with Gasteiger partial charge in [-0.15, -0.1) is 0 Å². The lowest BCUT2D eigenvalue weighted by Crippen LogP contribution is -2.42. The quantitative estimate of drug-likeness (QED) is 0.412. The Morgan fingerprint density at radius 2 is 1.75 bits per heavy atom. The molecule has 2 N–H and O–H groups in total. The molecule has 2 aromatic carbocycles. The molecular weight excluding hydrogens is 480 g/mol. The van der Waals surface area contributed by atoms with E-state index >= 15 is 0 Å². The second kappa shape index (κ2) is 11.8. The number of pyridine rings is 1. The Hall–Kier alpha value is -3.78. The summed E-state index contributed by atoms with van der Waals surface area (Å²) in [5, 5.41) is 6.19. The molecule has 0 bridgehead atoms. The maximum atomic E-state index is 12.8. The van der Waals surface area contributed by atoms with E-state index in [1.54, 1.807) is 54.6 Å². The monoisotopic (exact) mass is 510 g/mol. The van der Waals surface area contributed by atoms with Crippen LogP contribution in [0.25, 0.3) is 0 Å². The van der Waals surface area contributed by atoms with Gasteiger partial charge in [-0.2, -0.15) is 0 Å². The van der Waals surface area contributed by atoms with Crippen LogP contribution < -0.4 is 25.0 Å². The van der Waals surface area contributed by atoms with Crippen LogP contribution in [0, 0.1) is 0 Å². The van der Waals surface area contributed by atoms with Crippen LogP contribution in [-0.2, 0) is 6.42 Å². The summed E-state index contributed by atoms with van der Waals surface area (Å²) in [4.78, 5) is 30.9. The van der Waals surface area contributed by atoms with Crippen molar-refractivity contribution >= 4 is 35.0 Å². The zero-order valence-corrected chi connectivity index (χ0v) is 21.8. The molecule has 0 radical (unpaired) electrons. The largest absolute Gasteiger partial charge is 0.493 e. The van der Waals surface area contributed by atoms with Gasteiger partial charge in [0.25, 0.3) is 5.91 Å². The Morgan fingerprint density at radius 1 is 1.03 bits per heavy atom. The molecule has 36 heavy (non-hydrogen) atoms. The molecule has 3 aromatic rings. The van der Waals surface area contributed by atoms with E-state index in [-0.39, 0.29) is 11.8 Å². The predicted octanol–water partition coefficient (Wildman–Crippen LogP) is 5.56. The fourth-order valence-corrected chi connectivity index (χ4v) is 3.42. The van der Waals surface area contributed by atoms with Crippen LogP contribution in [0.5, 0.6) is 11.6 Å². The highest BCUT2D eigenvalue weighted by Crippen LogP contribution is 2.25. The van der Waals surface area contributed by atoms with E-state index in [0.29, 0.717) is 35.1 Å². The lowest BCUT2D eigenvalue weighted by molar-refractivity contribution is 0.102. The fourth-order valence-electron chi connectivity index (χ4n) is 3.25. The van der Waals surface area contributed by atoms with Gasteiger partial charge in [-0.05, 0) is 69.3 Å². The van der Waals surface area contributed by atoms with E-state index in [2.05, 4.69) is 15.6 Å². The van der Waals surface area contributed by atoms with Gasteiger partial charge in [-0.25, -0.2) is 9.78 Å². The highest BCUT2D eigenvalue weighted by molar-refractivity contribution is 6.31. The zero-order chi connectivity index (χ0) is 26.3. The highest BCUT2D eigenvalue weighted by atomic mass is 35.5. The number of amides is 2. The number of halogens is 1. The molecule has 0 aliphatic heterocycles. The lowest BCUT2D eigenvalue weighted by Gasteiger charge is -2.19. The summed E-state index contributed by atoms with van der Waals surface area (Å²) < 4.78 is 11.1. The third kappa shape index (κ3) is 8.16. The summed E-state index contributed by atoms with van der Waals surface area (Å²) in [5.41, 5.74) is 2.25. The second-order valence-corrected chi connectivity index (χ2v) is 9.80. The van der Waals surface area contributed by atoms with Gasteiger partial charge in [0, 0.05) is 48.5 Å². The first-order valence-corrected chi connectivity index (χ1v) is 11.8. The van der Waals surface area contributed by atoms with Gasteiger partial charge in [0.1, 0.15) is 5.75 Å². The number of carbonyl (C=O) groups excluding carboxylic acids is 2. The van der Waals surface area contributed by atoms with E-state index in [4.69, 9.17) is 21.1 Å². The number of benzene rings is 2. The van der Waals surface area contributed by atoms with Crippen LogP contribution in [0.15, 0.2) is 60.7 Å². The number of ether oxygens (including phenoxy) is 2. The first kappa shape index (κ1) is 26.8. The number of anilines is 2. The Morgan fingerprint density at radius 3 is 2.42 bits per heavy atom. The lowest BCUT2D eigenvalue weighted by atomic mass is 10.1. The second-order valence-electron chi connectivity index (χ2n) is 9.36. The fraction of sp³-hybridized carbons (Fsp3) is 0.296. The van der Waals surface area contributed by atoms with Crippen molar-refractivity contribution in [3.05, 3.63) is 76.9 Å². The molecule has 0 aliphatic rings. The molecule has 8 nitrogen and oxygen atoms in total. The standard InChI is InChI=1S/C27H31ClN4O4/c1-27(2,3)31-26(34)36-24-8-6-7-19(29-24)15-16-35-21-12-10-20(11-13-21)30-25(33)22-14-9-18(28)17-23(22)32(4)5/h6-14,17H,15-16H2,1-5H3,(H,30,33)(H,31,34). The summed E-state index contributed by atoms with van der Waals surface area (Å²) >= 11 is 6.07. The average molecular weight is 511 g/mol. The molecule has 190 valence electrons. The van der Waals surface area contributed by atoms with Crippen LogP contribution in [0.1, 0.15) is 36.8 Å². The topological polar surface area (TPSA) is 92.8 Å². The molecule has 0 fully saturated rings. The third-order valence-electron chi connectivity index (χ3n) is 4.88. The molecule has 0 atom stereocenters. The number of hydrogen-bond donors (Lipinski definition) is 2. The molecule has 1 heterocycles. The predicted molar refractivity (Wildman–Crippen MR) is 143 cm³/mol. The Labute approximate surface area is 216 Å². The Balaban J connectivity index is 1.52. The van der Waals surface area contributed by atoms with E-state index in [1.807, 2.05) is 45.8 Å². The summed E-state index contributed by atoms with van der Waals surface area (Å²) in [7, 11) is 3.72. The number of aromatic nitrogens is 1. The minimum absolute atomic E-state index is 0.228. The molecule has 9 heteroatoms. The van der Waals surface area contributed by atoms with Crippen molar-refractivity contribution in [1.29, 1.82) is 0 Å². The first-order chi connectivity index (χ1) is 17.0. The van der Waals surface area contributed by atoms with Crippen LogP contribution in [0.2, 0.25) is 5.02 Å². The van der Waals surface area contributed by atoms with E-state index in [9.17, 15) is 9.59 Å². The van der Waals surface area contributed by atoms with Crippen LogP contribution in [0.3, 0.4) is 0 Å². The highest BCUT2D eigenvalue weighted by Gasteiger charge is 2.16. The van der Waals surface area contributed by atoms with Gasteiger partial charge in [-0.3, -0.25) is 4.79 Å². The van der Waals surface area contributed by atoms with Gasteiger partial charge in [-0.1, -0.05) is 17.7 Å². The van der Waals surface area contributed by atoms with Crippen molar-refractivity contribution in [2.75, 3.05) is 30.9 Å². The summed E-state index contributed by atoms with van der Waals surface area (Å²) in [6, 6.07) is 17.5. The maximum Gasteiger partial charge on any atom is 0.414 e. The number of nitrogens with zero attached hydrogens (tertiary/aromatic N) is 2. The van der Waals surface area contributed by atoms with Gasteiger partial charge in [0.15, 0.2) is 0 Å². The summed E-state index contributed by atoms with van der Waals surface area (Å²) in [5.74, 6) is 0.659. The van der Waals surface area contributed by atoms with Crippen molar-refractivity contribution in [3.63, 3.8) is 0 Å². The molecule has 0 aliphatic carbocycles. The number of carbonyl (C=O) groups is 2. The van der Waals surface area contributed by atoms with Crippen LogP contribution in [0.4, 0.5) is 16.2 Å². The van der Waals surface area contributed by atoms with E-state index in [1.165, 1.54) is 0 Å². The summed E-state index contributed by atoms with van der Waals surface area (Å²) in [6.45, 7) is 6.00. The number of hydrogen-bond acceptors (Lipinski definition) is 6. The minimum atomic E-state index is -0.551. The smallest absolute Gasteiger partial charge is 0.414 e. The van der Waals surface area contributed by atoms with Crippen LogP contribution in [-0.4, -0.2) is 43.2 Å². The Bertz CT molecular complexity index is 1210. The van der Waals surface area contributed by atoms with E-state index in [0.717, 1.165) is 11.4 Å². The normalized spacial score (nSPS) is 10.9. The third-order valence-corrected chi connectivity index (χ3v) is 5.12. The average Bonchev–Trinajstić information content (AvgIpc) is 2.79. The minimum Gasteiger partial charge on any atom is -0.493 e. The van der Waals surface area contributed by atoms with Crippen LogP contribution >= 0.6 is 11.6 Å². The number of nitrogens with one attached hydrogen (secondary N) is 2. The van der Waals surface area contributed by atoms with E-state index < -0.39 is 11.6 Å².